The number of aliphatic carboxylic acids is 1. The lowest BCUT2D eigenvalue weighted by molar-refractivity contribution is -0.135. The molecule has 1 aliphatic rings. The van der Waals surface area contributed by atoms with Gasteiger partial charge in [-0.3, -0.25) is 9.69 Å². The molecule has 1 N–H and O–H groups in total. The molecule has 0 aliphatic carbocycles. The van der Waals surface area contributed by atoms with Crippen molar-refractivity contribution in [2.45, 2.75) is 25.1 Å². The van der Waals surface area contributed by atoms with Crippen LogP contribution in [0, 0.1) is 0 Å². The van der Waals surface area contributed by atoms with Crippen LogP contribution in [0.4, 0.5) is 10.5 Å². The van der Waals surface area contributed by atoms with Crippen LogP contribution < -0.4 is 4.90 Å². The number of carboxylic acids is 1. The molecule has 6 heteroatoms. The molecule has 2 amide bonds. The zero-order chi connectivity index (χ0) is 15.4. The van der Waals surface area contributed by atoms with Gasteiger partial charge in [0.1, 0.15) is 6.54 Å². The minimum atomic E-state index is -1.01. The van der Waals surface area contributed by atoms with Crippen molar-refractivity contribution in [2.75, 3.05) is 23.7 Å². The predicted molar refractivity (Wildman–Crippen MR) is 84.9 cm³/mol. The van der Waals surface area contributed by atoms with Crippen molar-refractivity contribution < 1.29 is 14.7 Å². The van der Waals surface area contributed by atoms with E-state index in [0.717, 1.165) is 5.75 Å². The van der Waals surface area contributed by atoms with Crippen molar-refractivity contribution >= 4 is 29.4 Å². The highest BCUT2D eigenvalue weighted by atomic mass is 32.2. The fraction of sp³-hybridized carbons (Fsp3) is 0.467. The number of amides is 2. The average molecular weight is 308 g/mol. The third-order valence-corrected chi connectivity index (χ3v) is 5.06. The Balaban J connectivity index is 2.24. The van der Waals surface area contributed by atoms with Crippen molar-refractivity contribution in [3.63, 3.8) is 0 Å². The van der Waals surface area contributed by atoms with Gasteiger partial charge in [-0.1, -0.05) is 25.1 Å². The molecule has 2 unspecified atom stereocenters. The summed E-state index contributed by atoms with van der Waals surface area (Å²) in [4.78, 5) is 27.0. The Labute approximate surface area is 128 Å². The van der Waals surface area contributed by atoms with Crippen molar-refractivity contribution in [2.24, 2.45) is 0 Å². The van der Waals surface area contributed by atoms with Gasteiger partial charge < -0.3 is 10.0 Å². The number of nitrogens with zero attached hydrogens (tertiary/aromatic N) is 2. The largest absolute Gasteiger partial charge is 0.480 e. The molecule has 0 spiro atoms. The van der Waals surface area contributed by atoms with Crippen LogP contribution in [0.1, 0.15) is 13.8 Å². The van der Waals surface area contributed by atoms with Gasteiger partial charge >= 0.3 is 12.0 Å². The predicted octanol–water partition coefficient (Wildman–Crippen LogP) is 2.52. The maximum Gasteiger partial charge on any atom is 0.325 e. The topological polar surface area (TPSA) is 60.9 Å². The van der Waals surface area contributed by atoms with Gasteiger partial charge in [0.2, 0.25) is 0 Å². The minimum absolute atomic E-state index is 0.0938. The lowest BCUT2D eigenvalue weighted by Gasteiger charge is -2.40. The molecule has 1 aromatic carbocycles. The van der Waals surface area contributed by atoms with Gasteiger partial charge in [-0.15, -0.1) is 0 Å². The van der Waals surface area contributed by atoms with Gasteiger partial charge in [-0.25, -0.2) is 4.79 Å². The van der Waals surface area contributed by atoms with Crippen molar-refractivity contribution in [1.29, 1.82) is 0 Å². The van der Waals surface area contributed by atoms with Gasteiger partial charge in [-0.05, 0) is 19.1 Å². The highest BCUT2D eigenvalue weighted by Crippen LogP contribution is 2.26. The standard InChI is InChI=1S/C15H20N2O3S/c1-11-12(2)21-9-8-16(11)15(20)17(10-14(18)19)13-6-4-3-5-7-13/h3-7,11-12H,8-10H2,1-2H3,(H,18,19). The number of carboxylic acid groups (broad SMARTS) is 1. The molecule has 0 radical (unpaired) electrons. The van der Waals surface area contributed by atoms with Crippen molar-refractivity contribution in [3.05, 3.63) is 30.3 Å². The van der Waals surface area contributed by atoms with E-state index in [1.165, 1.54) is 4.90 Å². The van der Waals surface area contributed by atoms with Crippen LogP contribution in [-0.2, 0) is 4.79 Å². The number of para-hydroxylation sites is 1. The summed E-state index contributed by atoms with van der Waals surface area (Å²) in [5.41, 5.74) is 0.614. The molecule has 1 saturated heterocycles. The molecule has 1 fully saturated rings. The Morgan fingerprint density at radius 3 is 2.62 bits per heavy atom. The number of anilines is 1. The van der Waals surface area contributed by atoms with Crippen molar-refractivity contribution in [1.82, 2.24) is 4.90 Å². The molecule has 0 saturated carbocycles. The molecule has 21 heavy (non-hydrogen) atoms. The molecule has 2 atom stereocenters. The van der Waals surface area contributed by atoms with Crippen LogP contribution in [0.5, 0.6) is 0 Å². The summed E-state index contributed by atoms with van der Waals surface area (Å²) >= 11 is 1.84. The molecule has 1 aliphatic heterocycles. The Bertz CT molecular complexity index is 509. The third-order valence-electron chi connectivity index (χ3n) is 3.72. The highest BCUT2D eigenvalue weighted by molar-refractivity contribution is 8.00. The lowest BCUT2D eigenvalue weighted by atomic mass is 10.2. The SMILES string of the molecule is CC1SCCN(C(=O)N(CC(=O)O)c2ccccc2)C1C. The molecule has 1 heterocycles. The van der Waals surface area contributed by atoms with Gasteiger partial charge in [0, 0.05) is 29.3 Å². The van der Waals surface area contributed by atoms with Gasteiger partial charge in [0.15, 0.2) is 0 Å². The van der Waals surface area contributed by atoms with Crippen LogP contribution in [0.2, 0.25) is 0 Å². The average Bonchev–Trinajstić information content (AvgIpc) is 2.48. The van der Waals surface area contributed by atoms with Crippen LogP contribution in [-0.4, -0.2) is 52.1 Å². The number of rotatable bonds is 3. The first-order chi connectivity index (χ1) is 10.0. The second-order valence-corrected chi connectivity index (χ2v) is 6.59. The Kier molecular flexibility index (Phi) is 5.12. The number of benzene rings is 1. The van der Waals surface area contributed by atoms with Gasteiger partial charge in [0.25, 0.3) is 0 Å². The van der Waals surface area contributed by atoms with E-state index in [2.05, 4.69) is 6.92 Å². The first-order valence-electron chi connectivity index (χ1n) is 6.97. The first kappa shape index (κ1) is 15.7. The van der Waals surface area contributed by atoms with E-state index < -0.39 is 5.97 Å². The zero-order valence-corrected chi connectivity index (χ0v) is 13.0. The summed E-state index contributed by atoms with van der Waals surface area (Å²) in [6, 6.07) is 8.82. The number of urea groups is 1. The molecular formula is C15H20N2O3S. The van der Waals surface area contributed by atoms with E-state index >= 15 is 0 Å². The Hall–Kier alpha value is -1.69. The Morgan fingerprint density at radius 1 is 1.33 bits per heavy atom. The molecule has 5 nitrogen and oxygen atoms in total. The third kappa shape index (κ3) is 3.69. The lowest BCUT2D eigenvalue weighted by Crippen LogP contribution is -2.54. The van der Waals surface area contributed by atoms with Crippen molar-refractivity contribution in [3.8, 4) is 0 Å². The second-order valence-electron chi connectivity index (χ2n) is 5.11. The number of carbonyl (C=O) groups excluding carboxylic acids is 1. The fourth-order valence-electron chi connectivity index (χ4n) is 2.37. The Morgan fingerprint density at radius 2 is 2.00 bits per heavy atom. The molecular weight excluding hydrogens is 288 g/mol. The molecule has 2 rings (SSSR count). The molecule has 114 valence electrons. The minimum Gasteiger partial charge on any atom is -0.480 e. The van der Waals surface area contributed by atoms with E-state index in [1.54, 1.807) is 29.2 Å². The molecule has 1 aromatic rings. The summed E-state index contributed by atoms with van der Waals surface area (Å²) in [6.07, 6.45) is 0. The maximum absolute atomic E-state index is 12.8. The highest BCUT2D eigenvalue weighted by Gasteiger charge is 2.32. The summed E-state index contributed by atoms with van der Waals surface area (Å²) < 4.78 is 0. The van der Waals surface area contributed by atoms with E-state index in [9.17, 15) is 9.59 Å². The zero-order valence-electron chi connectivity index (χ0n) is 12.2. The maximum atomic E-state index is 12.8. The quantitative estimate of drug-likeness (QED) is 0.932. The summed E-state index contributed by atoms with van der Waals surface area (Å²) in [7, 11) is 0. The summed E-state index contributed by atoms with van der Waals surface area (Å²) in [5, 5.41) is 9.45. The molecule has 0 bridgehead atoms. The molecule has 0 aromatic heterocycles. The summed E-state index contributed by atoms with van der Waals surface area (Å²) in [5.74, 6) is -0.133. The second kappa shape index (κ2) is 6.85. The van der Waals surface area contributed by atoms with E-state index in [-0.39, 0.29) is 18.6 Å². The number of carbonyl (C=O) groups is 2. The first-order valence-corrected chi connectivity index (χ1v) is 8.02. The number of thioether (sulfide) groups is 1. The van der Waals surface area contributed by atoms with E-state index in [0.29, 0.717) is 17.5 Å². The van der Waals surface area contributed by atoms with Crippen LogP contribution in [0.25, 0.3) is 0 Å². The van der Waals surface area contributed by atoms with Gasteiger partial charge in [-0.2, -0.15) is 11.8 Å². The van der Waals surface area contributed by atoms with Crippen LogP contribution >= 0.6 is 11.8 Å². The normalized spacial score (nSPS) is 21.9. The monoisotopic (exact) mass is 308 g/mol. The number of hydrogen-bond acceptors (Lipinski definition) is 3. The smallest absolute Gasteiger partial charge is 0.325 e. The van der Waals surface area contributed by atoms with Crippen LogP contribution in [0.3, 0.4) is 0 Å². The van der Waals surface area contributed by atoms with E-state index in [4.69, 9.17) is 5.11 Å². The number of hydrogen-bond donors (Lipinski definition) is 1. The van der Waals surface area contributed by atoms with Crippen LogP contribution in [0.15, 0.2) is 30.3 Å². The van der Waals surface area contributed by atoms with Gasteiger partial charge in [0.05, 0.1) is 0 Å². The summed E-state index contributed by atoms with van der Waals surface area (Å²) in [6.45, 7) is 4.43. The fourth-order valence-corrected chi connectivity index (χ4v) is 3.47. The van der Waals surface area contributed by atoms with E-state index in [1.807, 2.05) is 24.8 Å².